The van der Waals surface area contributed by atoms with E-state index in [4.69, 9.17) is 14.2 Å². The minimum atomic E-state index is -1.21. The van der Waals surface area contributed by atoms with Crippen molar-refractivity contribution in [2.75, 3.05) is 47.5 Å². The van der Waals surface area contributed by atoms with Gasteiger partial charge in [-0.3, -0.25) is 19.2 Å². The third-order valence-corrected chi connectivity index (χ3v) is 7.23. The Kier molecular flexibility index (Phi) is 11.2. The monoisotopic (exact) mass is 602 g/mol. The highest BCUT2D eigenvalue weighted by Gasteiger charge is 2.31. The molecule has 44 heavy (non-hydrogen) atoms. The van der Waals surface area contributed by atoms with E-state index in [1.54, 1.807) is 69.7 Å². The molecule has 4 amide bonds. The van der Waals surface area contributed by atoms with Gasteiger partial charge in [0.15, 0.2) is 0 Å². The van der Waals surface area contributed by atoms with Gasteiger partial charge in [0, 0.05) is 20.5 Å². The number of para-hydroxylation sites is 1. The van der Waals surface area contributed by atoms with E-state index in [1.165, 1.54) is 9.80 Å². The molecular weight excluding hydrogens is 564 g/mol. The number of fused-ring (bicyclic) bond motifs is 1. The fraction of sp³-hybridized carbons (Fsp3) is 0.333. The van der Waals surface area contributed by atoms with Crippen LogP contribution in [-0.4, -0.2) is 93.0 Å². The average molecular weight is 603 g/mol. The quantitative estimate of drug-likeness (QED) is 0.405. The van der Waals surface area contributed by atoms with Crippen LogP contribution in [0.25, 0.3) is 0 Å². The molecular formula is C33H38N4O7. The first-order valence-electron chi connectivity index (χ1n) is 14.4. The summed E-state index contributed by atoms with van der Waals surface area (Å²) in [6.45, 7) is 0.731. The third kappa shape index (κ3) is 8.73. The first kappa shape index (κ1) is 31.9. The number of likely N-dealkylation sites (N-methyl/N-ethyl adjacent to an activating group) is 2. The summed E-state index contributed by atoms with van der Waals surface area (Å²) in [7, 11) is 4.78. The molecule has 0 aromatic heterocycles. The van der Waals surface area contributed by atoms with E-state index < -0.39 is 29.8 Å². The maximum atomic E-state index is 13.6. The van der Waals surface area contributed by atoms with Crippen LogP contribution in [0.5, 0.6) is 17.2 Å². The lowest BCUT2D eigenvalue weighted by atomic mass is 10.0. The van der Waals surface area contributed by atoms with E-state index >= 15 is 0 Å². The van der Waals surface area contributed by atoms with Crippen LogP contribution < -0.4 is 24.8 Å². The van der Waals surface area contributed by atoms with Gasteiger partial charge in [0.2, 0.25) is 17.7 Å². The molecule has 4 rings (SSSR count). The van der Waals surface area contributed by atoms with Crippen molar-refractivity contribution in [1.82, 2.24) is 20.4 Å². The second-order valence-electron chi connectivity index (χ2n) is 10.4. The van der Waals surface area contributed by atoms with Crippen LogP contribution in [0.15, 0.2) is 78.9 Å². The minimum absolute atomic E-state index is 0.123. The van der Waals surface area contributed by atoms with Gasteiger partial charge in [-0.05, 0) is 42.0 Å². The van der Waals surface area contributed by atoms with E-state index in [0.717, 1.165) is 5.56 Å². The summed E-state index contributed by atoms with van der Waals surface area (Å²) in [6, 6.07) is 20.9. The number of hydrogen-bond acceptors (Lipinski definition) is 7. The molecule has 1 aliphatic heterocycles. The Morgan fingerprint density at radius 1 is 0.955 bits per heavy atom. The van der Waals surface area contributed by atoms with Crippen molar-refractivity contribution in [1.29, 1.82) is 0 Å². The molecule has 0 aliphatic carbocycles. The standard InChI is InChI=1S/C33H38N4O7/c1-36(17-19-43-25-15-13-24(42-3)14-16-25)33(41)28-22-30(38)34-27(21-23-9-5-4-6-10-23)32(40)37(2)18-20-44-29-12-8-7-11-26(29)31(39)35-28/h4-16,27-28H,17-22H2,1-3H3,(H,34,38)(H,35,39)/t27-,28-/m0/s1. The van der Waals surface area contributed by atoms with Gasteiger partial charge in [-0.15, -0.1) is 0 Å². The van der Waals surface area contributed by atoms with E-state index in [9.17, 15) is 19.2 Å². The summed E-state index contributed by atoms with van der Waals surface area (Å²) in [5.41, 5.74) is 1.08. The topological polar surface area (TPSA) is 127 Å². The molecule has 0 bridgehead atoms. The first-order valence-corrected chi connectivity index (χ1v) is 14.4. The first-order chi connectivity index (χ1) is 21.2. The predicted molar refractivity (Wildman–Crippen MR) is 164 cm³/mol. The Balaban J connectivity index is 1.53. The summed E-state index contributed by atoms with van der Waals surface area (Å²) in [6.07, 6.45) is -0.118. The van der Waals surface area contributed by atoms with Gasteiger partial charge in [-0.25, -0.2) is 0 Å². The largest absolute Gasteiger partial charge is 0.497 e. The van der Waals surface area contributed by atoms with Gasteiger partial charge < -0.3 is 34.6 Å². The number of hydrogen-bond donors (Lipinski definition) is 2. The number of methoxy groups -OCH3 is 1. The van der Waals surface area contributed by atoms with E-state index in [-0.39, 0.29) is 50.6 Å². The summed E-state index contributed by atoms with van der Waals surface area (Å²) in [5.74, 6) is -0.281. The fourth-order valence-electron chi connectivity index (χ4n) is 4.72. The van der Waals surface area contributed by atoms with Crippen LogP contribution in [0.1, 0.15) is 22.3 Å². The van der Waals surface area contributed by atoms with Crippen molar-refractivity contribution in [2.24, 2.45) is 0 Å². The number of nitrogens with one attached hydrogen (secondary N) is 2. The molecule has 2 N–H and O–H groups in total. The Morgan fingerprint density at radius 2 is 1.64 bits per heavy atom. The summed E-state index contributed by atoms with van der Waals surface area (Å²) in [4.78, 5) is 56.7. The Morgan fingerprint density at radius 3 is 2.36 bits per heavy atom. The summed E-state index contributed by atoms with van der Waals surface area (Å²) < 4.78 is 16.8. The van der Waals surface area contributed by atoms with Gasteiger partial charge in [0.05, 0.1) is 32.2 Å². The Hall–Kier alpha value is -5.06. The zero-order chi connectivity index (χ0) is 31.5. The van der Waals surface area contributed by atoms with Gasteiger partial charge in [0.25, 0.3) is 5.91 Å². The molecule has 0 saturated heterocycles. The molecule has 0 spiro atoms. The van der Waals surface area contributed by atoms with Crippen molar-refractivity contribution in [3.05, 3.63) is 90.0 Å². The molecule has 0 radical (unpaired) electrons. The second-order valence-corrected chi connectivity index (χ2v) is 10.4. The lowest BCUT2D eigenvalue weighted by molar-refractivity contribution is -0.137. The number of ether oxygens (including phenoxy) is 3. The summed E-state index contributed by atoms with van der Waals surface area (Å²) in [5, 5.41) is 5.53. The lowest BCUT2D eigenvalue weighted by Crippen LogP contribution is -2.53. The zero-order valence-electron chi connectivity index (χ0n) is 25.2. The fourth-order valence-corrected chi connectivity index (χ4v) is 4.72. The van der Waals surface area contributed by atoms with Crippen LogP contribution in [0, 0.1) is 0 Å². The number of carbonyl (C=O) groups is 4. The Bertz CT molecular complexity index is 1430. The van der Waals surface area contributed by atoms with Crippen molar-refractivity contribution in [3.63, 3.8) is 0 Å². The van der Waals surface area contributed by atoms with Crippen LogP contribution >= 0.6 is 0 Å². The number of nitrogens with zero attached hydrogens (tertiary/aromatic N) is 2. The van der Waals surface area contributed by atoms with Crippen LogP contribution in [0.3, 0.4) is 0 Å². The molecule has 0 fully saturated rings. The zero-order valence-corrected chi connectivity index (χ0v) is 25.2. The lowest BCUT2D eigenvalue weighted by Gasteiger charge is -2.28. The van der Waals surface area contributed by atoms with Gasteiger partial charge in [-0.1, -0.05) is 42.5 Å². The number of carbonyl (C=O) groups excluding carboxylic acids is 4. The molecule has 1 heterocycles. The number of amides is 4. The van der Waals surface area contributed by atoms with Crippen molar-refractivity contribution in [2.45, 2.75) is 24.9 Å². The smallest absolute Gasteiger partial charge is 0.255 e. The van der Waals surface area contributed by atoms with E-state index in [2.05, 4.69) is 10.6 Å². The van der Waals surface area contributed by atoms with Crippen molar-refractivity contribution >= 4 is 23.6 Å². The van der Waals surface area contributed by atoms with Crippen LogP contribution in [-0.2, 0) is 20.8 Å². The number of benzene rings is 3. The molecule has 3 aromatic rings. The molecule has 0 unspecified atom stereocenters. The van der Waals surface area contributed by atoms with Crippen LogP contribution in [0.4, 0.5) is 0 Å². The maximum Gasteiger partial charge on any atom is 0.255 e. The van der Waals surface area contributed by atoms with Gasteiger partial charge in [0.1, 0.15) is 42.5 Å². The number of rotatable bonds is 8. The van der Waals surface area contributed by atoms with Gasteiger partial charge >= 0.3 is 0 Å². The van der Waals surface area contributed by atoms with Gasteiger partial charge in [-0.2, -0.15) is 0 Å². The molecule has 232 valence electrons. The SMILES string of the molecule is COc1ccc(OCCN(C)C(=O)[C@@H]2CC(=O)N[C@@H](Cc3ccccc3)C(=O)N(C)CCOc3ccccc3C(=O)N2)cc1. The second kappa shape index (κ2) is 15.4. The third-order valence-electron chi connectivity index (χ3n) is 7.23. The highest BCUT2D eigenvalue weighted by molar-refractivity contribution is 6.01. The molecule has 0 saturated carbocycles. The minimum Gasteiger partial charge on any atom is -0.497 e. The molecule has 1 aliphatic rings. The highest BCUT2D eigenvalue weighted by atomic mass is 16.5. The van der Waals surface area contributed by atoms with Crippen molar-refractivity contribution in [3.8, 4) is 17.2 Å². The highest BCUT2D eigenvalue weighted by Crippen LogP contribution is 2.20. The average Bonchev–Trinajstić information content (AvgIpc) is 3.03. The molecule has 2 atom stereocenters. The maximum absolute atomic E-state index is 13.6. The normalized spacial score (nSPS) is 17.7. The van der Waals surface area contributed by atoms with Crippen LogP contribution in [0.2, 0.25) is 0 Å². The van der Waals surface area contributed by atoms with E-state index in [1.807, 2.05) is 30.3 Å². The van der Waals surface area contributed by atoms with Crippen molar-refractivity contribution < 1.29 is 33.4 Å². The van der Waals surface area contributed by atoms with E-state index in [0.29, 0.717) is 17.2 Å². The summed E-state index contributed by atoms with van der Waals surface area (Å²) >= 11 is 0. The molecule has 11 nitrogen and oxygen atoms in total. The molecule has 3 aromatic carbocycles. The predicted octanol–water partition coefficient (Wildman–Crippen LogP) is 2.30. The molecule has 11 heteroatoms. The Labute approximate surface area is 257 Å².